The Kier molecular flexibility index (Phi) is 5.83. The van der Waals surface area contributed by atoms with Crippen LogP contribution in [0.3, 0.4) is 0 Å². The molecule has 110 valence electrons. The fourth-order valence-electron chi connectivity index (χ4n) is 1.84. The topological polar surface area (TPSA) is 98.7 Å². The molecule has 0 spiro atoms. The summed E-state index contributed by atoms with van der Waals surface area (Å²) in [5.41, 5.74) is 0.143. The molecule has 0 heterocycles. The van der Waals surface area contributed by atoms with E-state index in [4.69, 9.17) is 5.11 Å². The van der Waals surface area contributed by atoms with Gasteiger partial charge in [0.1, 0.15) is 5.75 Å². The van der Waals surface area contributed by atoms with E-state index < -0.39 is 12.0 Å². The van der Waals surface area contributed by atoms with E-state index in [0.29, 0.717) is 0 Å². The zero-order valence-electron chi connectivity index (χ0n) is 11.6. The number of carbonyl (C=O) groups is 2. The van der Waals surface area contributed by atoms with Crippen LogP contribution in [0.4, 0.5) is 10.5 Å². The lowest BCUT2D eigenvalue weighted by molar-refractivity contribution is 0.0696. The van der Waals surface area contributed by atoms with Crippen molar-refractivity contribution < 1.29 is 19.8 Å². The average Bonchev–Trinajstić information content (AvgIpc) is 2.40. The molecule has 6 heteroatoms. The number of carboxylic acids is 1. The number of nitrogens with one attached hydrogen (secondary N) is 2. The summed E-state index contributed by atoms with van der Waals surface area (Å²) >= 11 is 0. The van der Waals surface area contributed by atoms with Crippen molar-refractivity contribution in [1.82, 2.24) is 5.32 Å². The van der Waals surface area contributed by atoms with Gasteiger partial charge in [-0.2, -0.15) is 0 Å². The Labute approximate surface area is 117 Å². The van der Waals surface area contributed by atoms with Crippen LogP contribution in [0.2, 0.25) is 0 Å². The van der Waals surface area contributed by atoms with Gasteiger partial charge in [-0.25, -0.2) is 9.59 Å². The van der Waals surface area contributed by atoms with Crippen LogP contribution in [0.1, 0.15) is 43.5 Å². The molecule has 0 aliphatic rings. The van der Waals surface area contributed by atoms with Crippen LogP contribution in [-0.4, -0.2) is 28.3 Å². The zero-order valence-corrected chi connectivity index (χ0v) is 11.6. The molecule has 1 rings (SSSR count). The smallest absolute Gasteiger partial charge is 0.335 e. The minimum atomic E-state index is -1.13. The number of rotatable bonds is 6. The van der Waals surface area contributed by atoms with E-state index in [0.717, 1.165) is 25.3 Å². The first kappa shape index (κ1) is 15.8. The van der Waals surface area contributed by atoms with E-state index in [1.807, 2.05) is 13.8 Å². The van der Waals surface area contributed by atoms with Crippen molar-refractivity contribution in [3.63, 3.8) is 0 Å². The Bertz CT molecular complexity index is 488. The number of urea groups is 1. The molecule has 0 aliphatic carbocycles. The van der Waals surface area contributed by atoms with E-state index in [-0.39, 0.29) is 23.0 Å². The molecule has 0 bridgehead atoms. The molecule has 1 aromatic rings. The number of hydrogen-bond acceptors (Lipinski definition) is 3. The predicted octanol–water partition coefficient (Wildman–Crippen LogP) is 2.79. The first-order valence-corrected chi connectivity index (χ1v) is 6.61. The maximum atomic E-state index is 11.8. The number of benzene rings is 1. The number of carbonyl (C=O) groups excluding carboxylic acids is 1. The van der Waals surface area contributed by atoms with Gasteiger partial charge in [-0.1, -0.05) is 20.3 Å². The number of hydrogen-bond donors (Lipinski definition) is 4. The van der Waals surface area contributed by atoms with Crippen molar-refractivity contribution >= 4 is 17.7 Å². The fourth-order valence-corrected chi connectivity index (χ4v) is 1.84. The average molecular weight is 280 g/mol. The van der Waals surface area contributed by atoms with Gasteiger partial charge in [0.05, 0.1) is 11.3 Å². The molecule has 2 amide bonds. The molecule has 0 radical (unpaired) electrons. The van der Waals surface area contributed by atoms with E-state index in [1.165, 1.54) is 12.1 Å². The highest BCUT2D eigenvalue weighted by Crippen LogP contribution is 2.24. The number of phenols is 1. The van der Waals surface area contributed by atoms with Gasteiger partial charge in [0.25, 0.3) is 0 Å². The summed E-state index contributed by atoms with van der Waals surface area (Å²) < 4.78 is 0. The monoisotopic (exact) mass is 280 g/mol. The van der Waals surface area contributed by atoms with E-state index in [1.54, 1.807) is 0 Å². The summed E-state index contributed by atoms with van der Waals surface area (Å²) in [5.74, 6) is -1.41. The molecular weight excluding hydrogens is 260 g/mol. The minimum Gasteiger partial charge on any atom is -0.506 e. The van der Waals surface area contributed by atoms with Crippen molar-refractivity contribution in [3.05, 3.63) is 23.8 Å². The second-order valence-electron chi connectivity index (χ2n) is 4.53. The molecule has 0 saturated heterocycles. The van der Waals surface area contributed by atoms with Gasteiger partial charge >= 0.3 is 12.0 Å². The second-order valence-corrected chi connectivity index (χ2v) is 4.53. The van der Waals surface area contributed by atoms with Gasteiger partial charge < -0.3 is 20.8 Å². The maximum Gasteiger partial charge on any atom is 0.335 e. The Balaban J connectivity index is 2.68. The SMILES string of the molecule is CCCC(CC)NC(=O)Nc1ccc(C(=O)O)cc1O. The summed E-state index contributed by atoms with van der Waals surface area (Å²) in [4.78, 5) is 22.5. The second kappa shape index (κ2) is 7.37. The molecule has 1 aromatic carbocycles. The van der Waals surface area contributed by atoms with Crippen LogP contribution in [0.25, 0.3) is 0 Å². The van der Waals surface area contributed by atoms with Gasteiger partial charge in [-0.3, -0.25) is 0 Å². The van der Waals surface area contributed by atoms with Gasteiger partial charge in [0, 0.05) is 6.04 Å². The Morgan fingerprint density at radius 2 is 2.00 bits per heavy atom. The quantitative estimate of drug-likeness (QED) is 0.602. The molecule has 6 nitrogen and oxygen atoms in total. The molecule has 0 aromatic heterocycles. The van der Waals surface area contributed by atoms with Gasteiger partial charge in [0.15, 0.2) is 0 Å². The zero-order chi connectivity index (χ0) is 15.1. The first-order chi connectivity index (χ1) is 9.47. The lowest BCUT2D eigenvalue weighted by Crippen LogP contribution is -2.37. The Hall–Kier alpha value is -2.24. The van der Waals surface area contributed by atoms with Crippen LogP contribution in [0.5, 0.6) is 5.75 Å². The molecular formula is C14H20N2O4. The normalized spacial score (nSPS) is 11.7. The number of aromatic hydroxyl groups is 1. The first-order valence-electron chi connectivity index (χ1n) is 6.61. The third-order valence-electron chi connectivity index (χ3n) is 2.96. The molecule has 0 aliphatic heterocycles. The number of amides is 2. The van der Waals surface area contributed by atoms with Crippen molar-refractivity contribution in [2.45, 2.75) is 39.2 Å². The summed E-state index contributed by atoms with van der Waals surface area (Å²) in [6.07, 6.45) is 2.68. The number of aromatic carboxylic acids is 1. The van der Waals surface area contributed by atoms with Crippen molar-refractivity contribution in [3.8, 4) is 5.75 Å². The number of anilines is 1. The fraction of sp³-hybridized carbons (Fsp3) is 0.429. The maximum absolute atomic E-state index is 11.8. The molecule has 0 fully saturated rings. The van der Waals surface area contributed by atoms with E-state index in [9.17, 15) is 14.7 Å². The molecule has 0 saturated carbocycles. The van der Waals surface area contributed by atoms with Gasteiger partial charge in [0.2, 0.25) is 0 Å². The van der Waals surface area contributed by atoms with Crippen LogP contribution in [0.15, 0.2) is 18.2 Å². The lowest BCUT2D eigenvalue weighted by atomic mass is 10.1. The summed E-state index contributed by atoms with van der Waals surface area (Å²) in [7, 11) is 0. The minimum absolute atomic E-state index is 0.0362. The van der Waals surface area contributed by atoms with Crippen molar-refractivity contribution in [2.75, 3.05) is 5.32 Å². The third kappa shape index (κ3) is 4.46. The van der Waals surface area contributed by atoms with E-state index >= 15 is 0 Å². The highest BCUT2D eigenvalue weighted by Gasteiger charge is 2.12. The van der Waals surface area contributed by atoms with Crippen LogP contribution in [0, 0.1) is 0 Å². The van der Waals surface area contributed by atoms with Crippen LogP contribution < -0.4 is 10.6 Å². The molecule has 1 atom stereocenters. The summed E-state index contributed by atoms with van der Waals surface area (Å²) in [5, 5.41) is 23.8. The standard InChI is InChI=1S/C14H20N2O4/c1-3-5-10(4-2)15-14(20)16-11-7-6-9(13(18)19)8-12(11)17/h6-8,10,17H,3-5H2,1-2H3,(H,18,19)(H2,15,16,20). The van der Waals surface area contributed by atoms with Crippen molar-refractivity contribution in [1.29, 1.82) is 0 Å². The summed E-state index contributed by atoms with van der Waals surface area (Å²) in [6.45, 7) is 4.03. The van der Waals surface area contributed by atoms with E-state index in [2.05, 4.69) is 10.6 Å². The Morgan fingerprint density at radius 3 is 2.50 bits per heavy atom. The number of phenolic OH excluding ortho intramolecular Hbond substituents is 1. The third-order valence-corrected chi connectivity index (χ3v) is 2.96. The largest absolute Gasteiger partial charge is 0.506 e. The van der Waals surface area contributed by atoms with Crippen LogP contribution in [-0.2, 0) is 0 Å². The predicted molar refractivity (Wildman–Crippen MR) is 76.2 cm³/mol. The summed E-state index contributed by atoms with van der Waals surface area (Å²) in [6, 6.07) is 3.45. The Morgan fingerprint density at radius 1 is 1.30 bits per heavy atom. The highest BCUT2D eigenvalue weighted by molar-refractivity contribution is 5.93. The molecule has 1 unspecified atom stereocenters. The lowest BCUT2D eigenvalue weighted by Gasteiger charge is -2.17. The van der Waals surface area contributed by atoms with Crippen LogP contribution >= 0.6 is 0 Å². The van der Waals surface area contributed by atoms with Crippen molar-refractivity contribution in [2.24, 2.45) is 0 Å². The highest BCUT2D eigenvalue weighted by atomic mass is 16.4. The number of carboxylic acid groups (broad SMARTS) is 1. The van der Waals surface area contributed by atoms with Gasteiger partial charge in [-0.15, -0.1) is 0 Å². The van der Waals surface area contributed by atoms with Gasteiger partial charge in [-0.05, 0) is 31.0 Å². The molecule has 20 heavy (non-hydrogen) atoms. The molecule has 4 N–H and O–H groups in total.